The summed E-state index contributed by atoms with van der Waals surface area (Å²) < 4.78 is 19.4. The van der Waals surface area contributed by atoms with Crippen LogP contribution in [0.1, 0.15) is 0 Å². The van der Waals surface area contributed by atoms with Crippen molar-refractivity contribution < 1.29 is 9.13 Å². The monoisotopic (exact) mass is 283 g/mol. The highest BCUT2D eigenvalue weighted by molar-refractivity contribution is 5.89. The molecule has 106 valence electrons. The number of H-pyrrole nitrogens is 1. The molecular formula is C16H14FN3O. The molecule has 4 nitrogen and oxygen atoms in total. The first-order valence-electron chi connectivity index (χ1n) is 6.44. The van der Waals surface area contributed by atoms with Crippen molar-refractivity contribution in [3.8, 4) is 28.1 Å². The van der Waals surface area contributed by atoms with Crippen molar-refractivity contribution in [1.29, 1.82) is 0 Å². The number of rotatable bonds is 3. The summed E-state index contributed by atoms with van der Waals surface area (Å²) >= 11 is 0. The predicted octanol–water partition coefficient (Wildman–Crippen LogP) is 3.47. The molecule has 3 rings (SSSR count). The number of hydrogen-bond donors (Lipinski definition) is 2. The molecule has 1 aromatic heterocycles. The smallest absolute Gasteiger partial charge is 0.153 e. The quantitative estimate of drug-likeness (QED) is 0.773. The van der Waals surface area contributed by atoms with Crippen LogP contribution in [0.2, 0.25) is 0 Å². The van der Waals surface area contributed by atoms with Gasteiger partial charge in [-0.3, -0.25) is 5.10 Å². The van der Waals surface area contributed by atoms with E-state index in [0.717, 1.165) is 5.56 Å². The molecule has 3 N–H and O–H groups in total. The van der Waals surface area contributed by atoms with Crippen molar-refractivity contribution in [3.05, 3.63) is 54.3 Å². The van der Waals surface area contributed by atoms with Gasteiger partial charge in [0, 0.05) is 11.1 Å². The summed E-state index contributed by atoms with van der Waals surface area (Å²) in [5.74, 6) is 0.571. The molecule has 0 saturated carbocycles. The lowest BCUT2D eigenvalue weighted by Crippen LogP contribution is -1.93. The van der Waals surface area contributed by atoms with Crippen molar-refractivity contribution in [2.24, 2.45) is 0 Å². The predicted molar refractivity (Wildman–Crippen MR) is 80.4 cm³/mol. The molecule has 0 aliphatic rings. The molecule has 0 radical (unpaired) electrons. The number of nitrogen functional groups attached to an aromatic ring is 1. The van der Waals surface area contributed by atoms with Crippen molar-refractivity contribution in [3.63, 3.8) is 0 Å². The van der Waals surface area contributed by atoms with Crippen LogP contribution < -0.4 is 10.5 Å². The Hall–Kier alpha value is -2.82. The van der Waals surface area contributed by atoms with Crippen LogP contribution in [-0.2, 0) is 0 Å². The van der Waals surface area contributed by atoms with Gasteiger partial charge in [-0.25, -0.2) is 4.39 Å². The number of aromatic amines is 1. The van der Waals surface area contributed by atoms with Crippen LogP contribution in [0, 0.1) is 5.82 Å². The Balaban J connectivity index is 2.25. The van der Waals surface area contributed by atoms with Gasteiger partial charge in [0.15, 0.2) is 5.82 Å². The normalized spacial score (nSPS) is 10.6. The largest absolute Gasteiger partial charge is 0.496 e. The number of nitrogens with zero attached hydrogens (tertiary/aromatic N) is 1. The second-order valence-corrected chi connectivity index (χ2v) is 4.54. The SMILES string of the molecule is COc1ccccc1-c1[nH]nc(N)c1-c1ccccc1F. The molecule has 0 amide bonds. The van der Waals surface area contributed by atoms with Crippen LogP contribution in [0.25, 0.3) is 22.4 Å². The van der Waals surface area contributed by atoms with Gasteiger partial charge in [-0.05, 0) is 18.2 Å². The van der Waals surface area contributed by atoms with E-state index in [1.54, 1.807) is 25.3 Å². The third-order valence-electron chi connectivity index (χ3n) is 3.31. The highest BCUT2D eigenvalue weighted by Crippen LogP contribution is 2.39. The third-order valence-corrected chi connectivity index (χ3v) is 3.31. The molecule has 0 bridgehead atoms. The zero-order valence-electron chi connectivity index (χ0n) is 11.4. The van der Waals surface area contributed by atoms with Crippen LogP contribution in [0.4, 0.5) is 10.2 Å². The lowest BCUT2D eigenvalue weighted by Gasteiger charge is -2.09. The van der Waals surface area contributed by atoms with E-state index in [4.69, 9.17) is 10.5 Å². The minimum Gasteiger partial charge on any atom is -0.496 e. The summed E-state index contributed by atoms with van der Waals surface area (Å²) in [6.07, 6.45) is 0. The Bertz CT molecular complexity index is 783. The lowest BCUT2D eigenvalue weighted by molar-refractivity contribution is 0.416. The zero-order valence-corrected chi connectivity index (χ0v) is 11.4. The first kappa shape index (κ1) is 13.2. The number of halogens is 1. The Kier molecular flexibility index (Phi) is 3.31. The van der Waals surface area contributed by atoms with E-state index in [0.29, 0.717) is 22.6 Å². The molecule has 5 heteroatoms. The van der Waals surface area contributed by atoms with Crippen LogP contribution in [-0.4, -0.2) is 17.3 Å². The second-order valence-electron chi connectivity index (χ2n) is 4.54. The van der Waals surface area contributed by atoms with Gasteiger partial charge < -0.3 is 10.5 Å². The van der Waals surface area contributed by atoms with Crippen LogP contribution >= 0.6 is 0 Å². The summed E-state index contributed by atoms with van der Waals surface area (Å²) in [7, 11) is 1.58. The standard InChI is InChI=1S/C16H14FN3O/c1-21-13-9-5-3-7-11(13)15-14(16(18)20-19-15)10-6-2-4-8-12(10)17/h2-9H,1H3,(H3,18,19,20). The van der Waals surface area contributed by atoms with Gasteiger partial charge in [-0.1, -0.05) is 30.3 Å². The second kappa shape index (κ2) is 5.28. The molecule has 0 saturated heterocycles. The molecule has 1 heterocycles. The number of aromatic nitrogens is 2. The average molecular weight is 283 g/mol. The van der Waals surface area contributed by atoms with Gasteiger partial charge in [-0.15, -0.1) is 0 Å². The Morgan fingerprint density at radius 2 is 1.71 bits per heavy atom. The molecule has 0 spiro atoms. The fourth-order valence-corrected chi connectivity index (χ4v) is 2.34. The molecule has 0 unspecified atom stereocenters. The molecule has 0 fully saturated rings. The van der Waals surface area contributed by atoms with Gasteiger partial charge in [-0.2, -0.15) is 5.10 Å². The van der Waals surface area contributed by atoms with Crippen molar-refractivity contribution in [2.45, 2.75) is 0 Å². The maximum Gasteiger partial charge on any atom is 0.153 e. The van der Waals surface area contributed by atoms with Gasteiger partial charge >= 0.3 is 0 Å². The van der Waals surface area contributed by atoms with Crippen LogP contribution in [0.3, 0.4) is 0 Å². The summed E-state index contributed by atoms with van der Waals surface area (Å²) in [5, 5.41) is 6.89. The fourth-order valence-electron chi connectivity index (χ4n) is 2.34. The van der Waals surface area contributed by atoms with Gasteiger partial charge in [0.2, 0.25) is 0 Å². The Labute approximate surface area is 121 Å². The van der Waals surface area contributed by atoms with E-state index in [1.807, 2.05) is 24.3 Å². The minimum absolute atomic E-state index is 0.251. The molecule has 3 aromatic rings. The summed E-state index contributed by atoms with van der Waals surface area (Å²) in [5.41, 5.74) is 8.28. The maximum absolute atomic E-state index is 14.1. The highest BCUT2D eigenvalue weighted by Gasteiger charge is 2.19. The highest BCUT2D eigenvalue weighted by atomic mass is 19.1. The topological polar surface area (TPSA) is 63.9 Å². The Morgan fingerprint density at radius 1 is 1.05 bits per heavy atom. The molecule has 2 aromatic carbocycles. The van der Waals surface area contributed by atoms with Gasteiger partial charge in [0.05, 0.1) is 18.4 Å². The number of nitrogens with two attached hydrogens (primary N) is 1. The number of benzene rings is 2. The number of anilines is 1. The molecular weight excluding hydrogens is 269 g/mol. The first-order valence-corrected chi connectivity index (χ1v) is 6.44. The van der Waals surface area contributed by atoms with Crippen molar-refractivity contribution in [2.75, 3.05) is 12.8 Å². The van der Waals surface area contributed by atoms with Gasteiger partial charge in [0.1, 0.15) is 11.6 Å². The molecule has 0 aliphatic carbocycles. The summed E-state index contributed by atoms with van der Waals surface area (Å²) in [6, 6.07) is 13.9. The summed E-state index contributed by atoms with van der Waals surface area (Å²) in [4.78, 5) is 0. The lowest BCUT2D eigenvalue weighted by atomic mass is 10.00. The molecule has 0 atom stereocenters. The van der Waals surface area contributed by atoms with Crippen molar-refractivity contribution >= 4 is 5.82 Å². The van der Waals surface area contributed by atoms with E-state index in [-0.39, 0.29) is 11.6 Å². The van der Waals surface area contributed by atoms with E-state index in [9.17, 15) is 4.39 Å². The first-order chi connectivity index (χ1) is 10.2. The van der Waals surface area contributed by atoms with E-state index >= 15 is 0 Å². The number of ether oxygens (including phenoxy) is 1. The zero-order chi connectivity index (χ0) is 14.8. The molecule has 0 aliphatic heterocycles. The number of nitrogens with one attached hydrogen (secondary N) is 1. The number of hydrogen-bond acceptors (Lipinski definition) is 3. The summed E-state index contributed by atoms with van der Waals surface area (Å²) in [6.45, 7) is 0. The Morgan fingerprint density at radius 3 is 2.43 bits per heavy atom. The number of para-hydroxylation sites is 1. The average Bonchev–Trinajstić information content (AvgIpc) is 2.89. The van der Waals surface area contributed by atoms with Crippen molar-refractivity contribution in [1.82, 2.24) is 10.2 Å². The van der Waals surface area contributed by atoms with Crippen LogP contribution in [0.15, 0.2) is 48.5 Å². The minimum atomic E-state index is -0.346. The van der Waals surface area contributed by atoms with E-state index in [2.05, 4.69) is 10.2 Å². The van der Waals surface area contributed by atoms with Gasteiger partial charge in [0.25, 0.3) is 0 Å². The number of methoxy groups -OCH3 is 1. The van der Waals surface area contributed by atoms with E-state index < -0.39 is 0 Å². The van der Waals surface area contributed by atoms with Crippen LogP contribution in [0.5, 0.6) is 5.75 Å². The fraction of sp³-hybridized carbons (Fsp3) is 0.0625. The third kappa shape index (κ3) is 2.23. The molecule has 21 heavy (non-hydrogen) atoms. The maximum atomic E-state index is 14.1. The van der Waals surface area contributed by atoms with E-state index in [1.165, 1.54) is 6.07 Å².